The molecule has 1 amide bonds. The average Bonchev–Trinajstić information content (AvgIpc) is 2.97. The summed E-state index contributed by atoms with van der Waals surface area (Å²) < 4.78 is 0. The van der Waals surface area contributed by atoms with E-state index in [1.807, 2.05) is 0 Å². The third kappa shape index (κ3) is 4.20. The number of hydrogen-bond acceptors (Lipinski definition) is 2. The molecule has 0 aromatic carbocycles. The monoisotopic (exact) mass is 266 g/mol. The predicted octanol–water partition coefficient (Wildman–Crippen LogP) is 2.90. The number of hydrogen-bond donors (Lipinski definition) is 0. The summed E-state index contributed by atoms with van der Waals surface area (Å²) >= 11 is 0. The lowest BCUT2D eigenvalue weighted by molar-refractivity contribution is -0.133. The van der Waals surface area contributed by atoms with Crippen LogP contribution in [0, 0.1) is 5.92 Å². The SMILES string of the molecule is CC[C@@H](C)N1CCN(C(=O)CCC2CCCC2)CC1. The van der Waals surface area contributed by atoms with Crippen LogP contribution in [0.3, 0.4) is 0 Å². The molecule has 1 saturated heterocycles. The summed E-state index contributed by atoms with van der Waals surface area (Å²) in [5.41, 5.74) is 0. The summed E-state index contributed by atoms with van der Waals surface area (Å²) in [6, 6.07) is 0.663. The standard InChI is InChI=1S/C16H30N2O/c1-3-14(2)17-10-12-18(13-11-17)16(19)9-8-15-6-4-5-7-15/h14-15H,3-13H2,1-2H3/t14-/m1/s1. The molecule has 0 aromatic heterocycles. The first kappa shape index (κ1) is 14.8. The number of carbonyl (C=O) groups excluding carboxylic acids is 1. The van der Waals surface area contributed by atoms with Gasteiger partial charge < -0.3 is 4.90 Å². The highest BCUT2D eigenvalue weighted by atomic mass is 16.2. The Bertz CT molecular complexity index is 278. The Kier molecular flexibility index (Phi) is 5.68. The summed E-state index contributed by atoms with van der Waals surface area (Å²) in [6.45, 7) is 8.53. The van der Waals surface area contributed by atoms with Gasteiger partial charge in [0, 0.05) is 38.6 Å². The second-order valence-electron chi connectivity index (χ2n) is 6.36. The van der Waals surface area contributed by atoms with Crippen molar-refractivity contribution >= 4 is 5.91 Å². The summed E-state index contributed by atoms with van der Waals surface area (Å²) in [4.78, 5) is 16.8. The Morgan fingerprint density at radius 1 is 1.16 bits per heavy atom. The van der Waals surface area contributed by atoms with Crippen LogP contribution < -0.4 is 0 Å². The molecule has 3 nitrogen and oxygen atoms in total. The zero-order valence-corrected chi connectivity index (χ0v) is 12.7. The van der Waals surface area contributed by atoms with E-state index >= 15 is 0 Å². The molecule has 19 heavy (non-hydrogen) atoms. The molecule has 2 aliphatic rings. The fourth-order valence-electron chi connectivity index (χ4n) is 3.46. The molecule has 1 aliphatic carbocycles. The predicted molar refractivity (Wildman–Crippen MR) is 79.1 cm³/mol. The smallest absolute Gasteiger partial charge is 0.222 e. The highest BCUT2D eigenvalue weighted by Gasteiger charge is 2.24. The molecule has 0 spiro atoms. The van der Waals surface area contributed by atoms with E-state index in [0.29, 0.717) is 11.9 Å². The van der Waals surface area contributed by atoms with Gasteiger partial charge in [0.2, 0.25) is 5.91 Å². The number of carbonyl (C=O) groups is 1. The van der Waals surface area contributed by atoms with Crippen LogP contribution >= 0.6 is 0 Å². The first-order chi connectivity index (χ1) is 9.20. The van der Waals surface area contributed by atoms with Crippen molar-refractivity contribution < 1.29 is 4.79 Å². The fraction of sp³-hybridized carbons (Fsp3) is 0.938. The summed E-state index contributed by atoms with van der Waals surface area (Å²) in [7, 11) is 0. The highest BCUT2D eigenvalue weighted by molar-refractivity contribution is 5.76. The van der Waals surface area contributed by atoms with Gasteiger partial charge in [0.15, 0.2) is 0 Å². The molecule has 0 bridgehead atoms. The van der Waals surface area contributed by atoms with Gasteiger partial charge in [-0.1, -0.05) is 32.6 Å². The van der Waals surface area contributed by atoms with Gasteiger partial charge in [0.1, 0.15) is 0 Å². The molecule has 0 N–H and O–H groups in total. The molecule has 2 rings (SSSR count). The molecule has 1 atom stereocenters. The number of nitrogens with zero attached hydrogens (tertiary/aromatic N) is 2. The van der Waals surface area contributed by atoms with E-state index in [0.717, 1.165) is 44.9 Å². The molecular weight excluding hydrogens is 236 g/mol. The zero-order chi connectivity index (χ0) is 13.7. The van der Waals surface area contributed by atoms with E-state index in [-0.39, 0.29) is 0 Å². The van der Waals surface area contributed by atoms with E-state index in [2.05, 4.69) is 23.6 Å². The van der Waals surface area contributed by atoms with Crippen molar-refractivity contribution in [2.45, 2.75) is 64.8 Å². The van der Waals surface area contributed by atoms with E-state index in [1.165, 1.54) is 32.1 Å². The molecule has 2 fully saturated rings. The van der Waals surface area contributed by atoms with Crippen molar-refractivity contribution in [1.29, 1.82) is 0 Å². The minimum atomic E-state index is 0.399. The van der Waals surface area contributed by atoms with Gasteiger partial charge in [0.25, 0.3) is 0 Å². The zero-order valence-electron chi connectivity index (χ0n) is 12.7. The third-order valence-electron chi connectivity index (χ3n) is 5.12. The van der Waals surface area contributed by atoms with E-state index in [4.69, 9.17) is 0 Å². The van der Waals surface area contributed by atoms with Gasteiger partial charge in [-0.3, -0.25) is 9.69 Å². The van der Waals surface area contributed by atoms with Crippen molar-refractivity contribution in [2.24, 2.45) is 5.92 Å². The molecule has 3 heteroatoms. The molecule has 0 radical (unpaired) electrons. The Hall–Kier alpha value is -0.570. The quantitative estimate of drug-likeness (QED) is 0.764. The summed E-state index contributed by atoms with van der Waals surface area (Å²) in [5.74, 6) is 1.24. The molecule has 110 valence electrons. The fourth-order valence-corrected chi connectivity index (χ4v) is 3.46. The first-order valence-electron chi connectivity index (χ1n) is 8.22. The number of piperazine rings is 1. The van der Waals surface area contributed by atoms with Crippen LogP contribution in [0.2, 0.25) is 0 Å². The van der Waals surface area contributed by atoms with Gasteiger partial charge in [-0.15, -0.1) is 0 Å². The molecule has 0 aromatic rings. The van der Waals surface area contributed by atoms with Gasteiger partial charge in [0.05, 0.1) is 0 Å². The van der Waals surface area contributed by atoms with Crippen molar-refractivity contribution in [3.8, 4) is 0 Å². The van der Waals surface area contributed by atoms with Crippen molar-refractivity contribution in [2.75, 3.05) is 26.2 Å². The third-order valence-corrected chi connectivity index (χ3v) is 5.12. The molecule has 1 saturated carbocycles. The van der Waals surface area contributed by atoms with Crippen LogP contribution in [0.1, 0.15) is 58.8 Å². The van der Waals surface area contributed by atoms with Gasteiger partial charge >= 0.3 is 0 Å². The van der Waals surface area contributed by atoms with Gasteiger partial charge in [-0.2, -0.15) is 0 Å². The van der Waals surface area contributed by atoms with Crippen LogP contribution in [0.25, 0.3) is 0 Å². The first-order valence-corrected chi connectivity index (χ1v) is 8.22. The summed E-state index contributed by atoms with van der Waals surface area (Å²) in [5, 5.41) is 0. The largest absolute Gasteiger partial charge is 0.340 e. The average molecular weight is 266 g/mol. The number of amides is 1. The van der Waals surface area contributed by atoms with E-state index in [1.54, 1.807) is 0 Å². The van der Waals surface area contributed by atoms with Crippen LogP contribution in [-0.2, 0) is 4.79 Å². The normalized spacial score (nSPS) is 23.8. The minimum absolute atomic E-state index is 0.399. The van der Waals surface area contributed by atoms with Crippen LogP contribution in [-0.4, -0.2) is 47.9 Å². The molecular formula is C16H30N2O. The minimum Gasteiger partial charge on any atom is -0.340 e. The second kappa shape index (κ2) is 7.28. The summed E-state index contributed by atoms with van der Waals surface area (Å²) in [6.07, 6.45) is 8.59. The molecule has 0 unspecified atom stereocenters. The van der Waals surface area contributed by atoms with Crippen LogP contribution in [0.5, 0.6) is 0 Å². The topological polar surface area (TPSA) is 23.6 Å². The maximum absolute atomic E-state index is 12.2. The molecule has 1 heterocycles. The Balaban J connectivity index is 1.67. The van der Waals surface area contributed by atoms with Crippen molar-refractivity contribution in [3.63, 3.8) is 0 Å². The van der Waals surface area contributed by atoms with Crippen molar-refractivity contribution in [3.05, 3.63) is 0 Å². The van der Waals surface area contributed by atoms with E-state index < -0.39 is 0 Å². The molecule has 1 aliphatic heterocycles. The van der Waals surface area contributed by atoms with Crippen LogP contribution in [0.15, 0.2) is 0 Å². The highest BCUT2D eigenvalue weighted by Crippen LogP contribution is 2.28. The lowest BCUT2D eigenvalue weighted by Gasteiger charge is -2.38. The van der Waals surface area contributed by atoms with E-state index in [9.17, 15) is 4.79 Å². The Labute approximate surface area is 118 Å². The lowest BCUT2D eigenvalue weighted by Crippen LogP contribution is -2.51. The maximum atomic E-state index is 12.2. The lowest BCUT2D eigenvalue weighted by atomic mass is 10.0. The van der Waals surface area contributed by atoms with Gasteiger partial charge in [-0.05, 0) is 25.7 Å². The maximum Gasteiger partial charge on any atom is 0.222 e. The Morgan fingerprint density at radius 3 is 2.37 bits per heavy atom. The Morgan fingerprint density at radius 2 is 1.79 bits per heavy atom. The number of rotatable bonds is 5. The van der Waals surface area contributed by atoms with Gasteiger partial charge in [-0.25, -0.2) is 0 Å². The van der Waals surface area contributed by atoms with Crippen LogP contribution in [0.4, 0.5) is 0 Å². The second-order valence-corrected chi connectivity index (χ2v) is 6.36. The van der Waals surface area contributed by atoms with Crippen molar-refractivity contribution in [1.82, 2.24) is 9.80 Å².